The molecule has 0 aromatic heterocycles. The van der Waals surface area contributed by atoms with Crippen LogP contribution in [-0.2, 0) is 4.74 Å². The van der Waals surface area contributed by atoms with E-state index in [0.29, 0.717) is 12.0 Å². The minimum atomic E-state index is -0.233. The van der Waals surface area contributed by atoms with Gasteiger partial charge in [-0.3, -0.25) is 0 Å². The molecule has 0 unspecified atom stereocenters. The molecule has 54 heavy (non-hydrogen) atoms. The summed E-state index contributed by atoms with van der Waals surface area (Å²) in [6.45, 7) is 27.1. The number of ether oxygens (including phenoxy) is 1. The molecule has 0 radical (unpaired) electrons. The summed E-state index contributed by atoms with van der Waals surface area (Å²) >= 11 is 0. The summed E-state index contributed by atoms with van der Waals surface area (Å²) in [6.07, 6.45) is 24.3. The molecule has 6 heteroatoms. The molecule has 0 aromatic carbocycles. The minimum absolute atomic E-state index is 0.0189. The number of nitrogens with two attached hydrogens (primary N) is 2. The molecule has 0 heterocycles. The van der Waals surface area contributed by atoms with Crippen molar-refractivity contribution in [2.24, 2.45) is 63.7 Å². The highest BCUT2D eigenvalue weighted by Gasteiger charge is 2.59. The Hall–Kier alpha value is -1.11. The van der Waals surface area contributed by atoms with Crippen LogP contribution in [0.1, 0.15) is 191 Å². The molecule has 314 valence electrons. The van der Waals surface area contributed by atoms with E-state index in [-0.39, 0.29) is 28.7 Å². The zero-order valence-electron chi connectivity index (χ0n) is 37.4. The summed E-state index contributed by atoms with van der Waals surface area (Å²) in [5.41, 5.74) is 15.3. The molecular formula is C48H90N4O2. The average Bonchev–Trinajstić information content (AvgIpc) is 3.52. The third-order valence-electron chi connectivity index (χ3n) is 17.3. The molecule has 9 atom stereocenters. The Morgan fingerprint density at radius 2 is 1.56 bits per heavy atom. The fraction of sp³-hybridized carbons (Fsp3) is 0.938. The SMILES string of the molecule is CC[C@H](CC[C@@H](C)[C@H]1CC[C@H]2[C@@H]3CC=C4C[C@@H](OC(=O)N(CCCCNCCC(N)(CC)CC)CCC(N)(CC)CC)CC[C@]4(C)[C@H]3CC[C@]12C)C(C)C. The molecule has 0 bridgehead atoms. The van der Waals surface area contributed by atoms with Gasteiger partial charge in [-0.15, -0.1) is 0 Å². The van der Waals surface area contributed by atoms with E-state index in [4.69, 9.17) is 16.2 Å². The monoisotopic (exact) mass is 755 g/mol. The van der Waals surface area contributed by atoms with Crippen LogP contribution in [0.4, 0.5) is 4.79 Å². The van der Waals surface area contributed by atoms with E-state index in [1.165, 1.54) is 51.4 Å². The highest BCUT2D eigenvalue weighted by Crippen LogP contribution is 2.67. The number of allylic oxidation sites excluding steroid dienone is 1. The zero-order chi connectivity index (χ0) is 39.7. The van der Waals surface area contributed by atoms with Crippen molar-refractivity contribution < 1.29 is 9.53 Å². The average molecular weight is 755 g/mol. The van der Waals surface area contributed by atoms with Gasteiger partial charge in [0, 0.05) is 30.6 Å². The first-order chi connectivity index (χ1) is 25.6. The third-order valence-corrected chi connectivity index (χ3v) is 17.3. The van der Waals surface area contributed by atoms with Gasteiger partial charge in [-0.25, -0.2) is 4.79 Å². The van der Waals surface area contributed by atoms with Crippen molar-refractivity contribution in [2.75, 3.05) is 26.2 Å². The molecule has 3 fully saturated rings. The molecule has 0 saturated heterocycles. The van der Waals surface area contributed by atoms with Crippen molar-refractivity contribution in [3.63, 3.8) is 0 Å². The van der Waals surface area contributed by atoms with E-state index >= 15 is 0 Å². The van der Waals surface area contributed by atoms with Crippen molar-refractivity contribution in [3.8, 4) is 0 Å². The highest BCUT2D eigenvalue weighted by molar-refractivity contribution is 5.68. The lowest BCUT2D eigenvalue weighted by molar-refractivity contribution is -0.0596. The van der Waals surface area contributed by atoms with E-state index in [1.807, 2.05) is 4.90 Å². The number of carbonyl (C=O) groups is 1. The molecule has 6 nitrogen and oxygen atoms in total. The van der Waals surface area contributed by atoms with Crippen LogP contribution in [0.5, 0.6) is 0 Å². The number of nitrogens with one attached hydrogen (secondary N) is 1. The maximum Gasteiger partial charge on any atom is 0.410 e. The second kappa shape index (κ2) is 20.0. The van der Waals surface area contributed by atoms with Gasteiger partial charge in [0.25, 0.3) is 0 Å². The number of hydrogen-bond donors (Lipinski definition) is 3. The van der Waals surface area contributed by atoms with E-state index in [2.05, 4.69) is 80.6 Å². The van der Waals surface area contributed by atoms with Crippen LogP contribution < -0.4 is 16.8 Å². The van der Waals surface area contributed by atoms with Gasteiger partial charge in [0.2, 0.25) is 0 Å². The summed E-state index contributed by atoms with van der Waals surface area (Å²) in [7, 11) is 0. The predicted molar refractivity (Wildman–Crippen MR) is 230 cm³/mol. The van der Waals surface area contributed by atoms with Gasteiger partial charge in [-0.2, -0.15) is 0 Å². The Bertz CT molecular complexity index is 1180. The molecule has 0 spiro atoms. The quantitative estimate of drug-likeness (QED) is 0.0756. The second-order valence-electron chi connectivity index (χ2n) is 20.3. The van der Waals surface area contributed by atoms with Crippen LogP contribution in [-0.4, -0.2) is 54.4 Å². The predicted octanol–water partition coefficient (Wildman–Crippen LogP) is 11.7. The van der Waals surface area contributed by atoms with Gasteiger partial charge in [-0.05, 0) is 168 Å². The number of hydrogen-bond acceptors (Lipinski definition) is 5. The topological polar surface area (TPSA) is 93.6 Å². The lowest BCUT2D eigenvalue weighted by atomic mass is 9.47. The lowest BCUT2D eigenvalue weighted by Crippen LogP contribution is -2.51. The second-order valence-corrected chi connectivity index (χ2v) is 20.3. The number of carbonyl (C=O) groups excluding carboxylic acids is 1. The standard InChI is InChI=1S/C48H90N4O2/c1-11-37(35(6)7)19-18-36(8)41-22-23-42-40-21-20-38-34-39(24-26-45(38,9)43(40)25-27-46(41,42)10)54-44(53)52(33-29-48(50,14-4)15-5)32-17-16-30-51-31-28-47(49,12-2)13-3/h20,35-37,39-43,51H,11-19,21-34,49-50H2,1-10H3/t36-,37-,39+,40+,41-,42+,43+,45+,46-/m1/s1. The molecule has 4 aliphatic carbocycles. The van der Waals surface area contributed by atoms with Crippen LogP contribution in [0.3, 0.4) is 0 Å². The summed E-state index contributed by atoms with van der Waals surface area (Å²) in [5, 5.41) is 3.60. The smallest absolute Gasteiger partial charge is 0.410 e. The molecule has 4 aliphatic rings. The fourth-order valence-electron chi connectivity index (χ4n) is 12.5. The highest BCUT2D eigenvalue weighted by atomic mass is 16.6. The Balaban J connectivity index is 1.34. The number of rotatable bonds is 22. The van der Waals surface area contributed by atoms with Crippen LogP contribution in [0.25, 0.3) is 0 Å². The van der Waals surface area contributed by atoms with Gasteiger partial charge in [0.1, 0.15) is 6.10 Å². The van der Waals surface area contributed by atoms with E-state index in [1.54, 1.807) is 5.57 Å². The van der Waals surface area contributed by atoms with Gasteiger partial charge < -0.3 is 26.4 Å². The maximum atomic E-state index is 13.9. The normalized spacial score (nSPS) is 31.0. The lowest BCUT2D eigenvalue weighted by Gasteiger charge is -2.58. The van der Waals surface area contributed by atoms with Crippen LogP contribution >= 0.6 is 0 Å². The number of nitrogens with zero attached hydrogens (tertiary/aromatic N) is 1. The first kappa shape index (κ1) is 45.6. The molecule has 0 aliphatic heterocycles. The van der Waals surface area contributed by atoms with E-state index in [9.17, 15) is 4.79 Å². The van der Waals surface area contributed by atoms with Crippen molar-refractivity contribution in [1.29, 1.82) is 0 Å². The van der Waals surface area contributed by atoms with Crippen molar-refractivity contribution >= 4 is 6.09 Å². The number of unbranched alkanes of at least 4 members (excludes halogenated alkanes) is 1. The van der Waals surface area contributed by atoms with Crippen molar-refractivity contribution in [2.45, 2.75) is 208 Å². The fourth-order valence-corrected chi connectivity index (χ4v) is 12.5. The van der Waals surface area contributed by atoms with Gasteiger partial charge in [0.05, 0.1) is 0 Å². The molecule has 3 saturated carbocycles. The summed E-state index contributed by atoms with van der Waals surface area (Å²) in [6, 6.07) is 0. The summed E-state index contributed by atoms with van der Waals surface area (Å²) < 4.78 is 6.44. The van der Waals surface area contributed by atoms with Gasteiger partial charge >= 0.3 is 6.09 Å². The Kier molecular flexibility index (Phi) is 16.9. The number of amides is 1. The summed E-state index contributed by atoms with van der Waals surface area (Å²) in [5.74, 6) is 5.87. The number of fused-ring (bicyclic) bond motifs is 5. The van der Waals surface area contributed by atoms with E-state index < -0.39 is 0 Å². The third kappa shape index (κ3) is 10.7. The van der Waals surface area contributed by atoms with Crippen LogP contribution in [0.2, 0.25) is 0 Å². The molecule has 4 rings (SSSR count). The van der Waals surface area contributed by atoms with Crippen molar-refractivity contribution in [1.82, 2.24) is 10.2 Å². The largest absolute Gasteiger partial charge is 0.446 e. The van der Waals surface area contributed by atoms with Gasteiger partial charge in [-0.1, -0.05) is 93.7 Å². The maximum absolute atomic E-state index is 13.9. The first-order valence-electron chi connectivity index (χ1n) is 23.6. The molecule has 0 aromatic rings. The zero-order valence-corrected chi connectivity index (χ0v) is 37.4. The summed E-state index contributed by atoms with van der Waals surface area (Å²) in [4.78, 5) is 15.9. The van der Waals surface area contributed by atoms with Crippen LogP contribution in [0.15, 0.2) is 11.6 Å². The van der Waals surface area contributed by atoms with Crippen LogP contribution in [0, 0.1) is 52.3 Å². The molecular weight excluding hydrogens is 665 g/mol. The Labute approximate surface area is 334 Å². The Morgan fingerprint density at radius 3 is 2.20 bits per heavy atom. The first-order valence-corrected chi connectivity index (χ1v) is 23.6. The minimum Gasteiger partial charge on any atom is -0.446 e. The molecule has 5 N–H and O–H groups in total. The molecule has 1 amide bonds. The van der Waals surface area contributed by atoms with Gasteiger partial charge in [0.15, 0.2) is 0 Å². The van der Waals surface area contributed by atoms with Crippen molar-refractivity contribution in [3.05, 3.63) is 11.6 Å². The Morgan fingerprint density at radius 1 is 0.870 bits per heavy atom. The van der Waals surface area contributed by atoms with E-state index in [0.717, 1.165) is 132 Å².